The van der Waals surface area contributed by atoms with Crippen molar-refractivity contribution in [3.8, 4) is 17.1 Å². The molecular formula is C17H20FN3O4. The zero-order valence-corrected chi connectivity index (χ0v) is 14.3. The van der Waals surface area contributed by atoms with Crippen LogP contribution < -0.4 is 9.64 Å². The van der Waals surface area contributed by atoms with Gasteiger partial charge in [0.25, 0.3) is 5.91 Å². The molecule has 0 radical (unpaired) electrons. The van der Waals surface area contributed by atoms with Gasteiger partial charge in [0.05, 0.1) is 13.2 Å². The number of anilines is 1. The van der Waals surface area contributed by atoms with Gasteiger partial charge in [-0.2, -0.15) is 0 Å². The molecular weight excluding hydrogens is 329 g/mol. The fraction of sp³-hybridized carbons (Fsp3) is 0.412. The third-order valence-corrected chi connectivity index (χ3v) is 4.18. The number of ether oxygens (including phenoxy) is 1. The van der Waals surface area contributed by atoms with Crippen LogP contribution in [0.2, 0.25) is 0 Å². The van der Waals surface area contributed by atoms with Crippen LogP contribution in [0.25, 0.3) is 11.3 Å². The molecule has 1 saturated heterocycles. The molecule has 2 aromatic rings. The first-order chi connectivity index (χ1) is 11.9. The number of hydrogen-bond acceptors (Lipinski definition) is 6. The molecule has 1 aliphatic rings. The first-order valence-corrected chi connectivity index (χ1v) is 7.90. The third kappa shape index (κ3) is 3.17. The van der Waals surface area contributed by atoms with Gasteiger partial charge in [-0.15, -0.1) is 0 Å². The number of β-amino-alcohol motifs (C(OH)–C–C–N with tert-alkyl or cyclic N) is 1. The van der Waals surface area contributed by atoms with Crippen LogP contribution in [0.3, 0.4) is 0 Å². The largest absolute Gasteiger partial charge is 0.494 e. The summed E-state index contributed by atoms with van der Waals surface area (Å²) in [7, 11) is 4.87. The molecule has 0 unspecified atom stereocenters. The van der Waals surface area contributed by atoms with Crippen molar-refractivity contribution < 1.29 is 23.6 Å². The van der Waals surface area contributed by atoms with Gasteiger partial charge >= 0.3 is 0 Å². The Morgan fingerprint density at radius 3 is 2.84 bits per heavy atom. The van der Waals surface area contributed by atoms with Gasteiger partial charge in [0.2, 0.25) is 0 Å². The van der Waals surface area contributed by atoms with Crippen LogP contribution in [-0.4, -0.2) is 61.5 Å². The van der Waals surface area contributed by atoms with E-state index in [1.165, 1.54) is 25.3 Å². The summed E-state index contributed by atoms with van der Waals surface area (Å²) in [6, 6.07) is 4.22. The van der Waals surface area contributed by atoms with Crippen molar-refractivity contribution in [1.29, 1.82) is 0 Å². The minimum absolute atomic E-state index is 0.0512. The summed E-state index contributed by atoms with van der Waals surface area (Å²) in [5.41, 5.74) is 0.773. The Labute approximate surface area is 144 Å². The average Bonchev–Trinajstić information content (AvgIpc) is 3.21. The number of carbonyl (C=O) groups is 1. The highest BCUT2D eigenvalue weighted by atomic mass is 19.1. The van der Waals surface area contributed by atoms with E-state index < -0.39 is 11.9 Å². The first-order valence-electron chi connectivity index (χ1n) is 7.90. The Bertz CT molecular complexity index is 790. The van der Waals surface area contributed by atoms with Crippen LogP contribution in [0, 0.1) is 5.82 Å². The second-order valence-corrected chi connectivity index (χ2v) is 6.15. The molecule has 25 heavy (non-hydrogen) atoms. The maximum atomic E-state index is 13.7. The van der Waals surface area contributed by atoms with Crippen molar-refractivity contribution >= 4 is 11.7 Å². The fourth-order valence-corrected chi connectivity index (χ4v) is 2.86. The Morgan fingerprint density at radius 2 is 2.24 bits per heavy atom. The molecule has 2 heterocycles. The molecule has 0 saturated carbocycles. The lowest BCUT2D eigenvalue weighted by atomic mass is 10.1. The molecule has 134 valence electrons. The second kappa shape index (κ2) is 6.72. The molecule has 1 amide bonds. The number of halogens is 1. The molecule has 3 rings (SSSR count). The van der Waals surface area contributed by atoms with Crippen LogP contribution in [0.15, 0.2) is 22.7 Å². The van der Waals surface area contributed by atoms with Gasteiger partial charge in [-0.1, -0.05) is 5.16 Å². The number of aliphatic hydroxyl groups is 1. The normalized spacial score (nSPS) is 17.0. The van der Waals surface area contributed by atoms with E-state index >= 15 is 0 Å². The SMILES string of the molecule is COc1cc(-c2onc(N(C)C)c2C(=O)N2CC[C@@H](O)C2)ccc1F. The van der Waals surface area contributed by atoms with Gasteiger partial charge in [0.15, 0.2) is 23.1 Å². The number of nitrogens with zero attached hydrogens (tertiary/aromatic N) is 3. The van der Waals surface area contributed by atoms with Gasteiger partial charge in [0, 0.05) is 32.7 Å². The summed E-state index contributed by atoms with van der Waals surface area (Å²) in [6.45, 7) is 0.729. The molecule has 1 aromatic heterocycles. The smallest absolute Gasteiger partial charge is 0.261 e. The van der Waals surface area contributed by atoms with E-state index in [-0.39, 0.29) is 29.5 Å². The highest BCUT2D eigenvalue weighted by Gasteiger charge is 2.33. The van der Waals surface area contributed by atoms with Gasteiger partial charge < -0.3 is 24.2 Å². The highest BCUT2D eigenvalue weighted by Crippen LogP contribution is 2.34. The van der Waals surface area contributed by atoms with Crippen molar-refractivity contribution in [3.63, 3.8) is 0 Å². The number of hydrogen-bond donors (Lipinski definition) is 1. The molecule has 1 N–H and O–H groups in total. The van der Waals surface area contributed by atoms with E-state index in [1.807, 2.05) is 0 Å². The number of carbonyl (C=O) groups excluding carboxylic acids is 1. The van der Waals surface area contributed by atoms with Gasteiger partial charge in [-0.3, -0.25) is 4.79 Å². The predicted molar refractivity (Wildman–Crippen MR) is 89.3 cm³/mol. The standard InChI is InChI=1S/C17H20FN3O4/c1-20(2)16-14(17(23)21-7-6-11(22)9-21)15(25-19-16)10-4-5-12(18)13(8-10)24-3/h4-5,8,11,22H,6-7,9H2,1-3H3/t11-/m1/s1. The molecule has 1 fully saturated rings. The van der Waals surface area contributed by atoms with Gasteiger partial charge in [0.1, 0.15) is 5.56 Å². The molecule has 8 heteroatoms. The predicted octanol–water partition coefficient (Wildman–Crippen LogP) is 1.76. The molecule has 0 bridgehead atoms. The van der Waals surface area contributed by atoms with Crippen LogP contribution in [-0.2, 0) is 0 Å². The lowest BCUT2D eigenvalue weighted by Crippen LogP contribution is -2.30. The van der Waals surface area contributed by atoms with Crippen molar-refractivity contribution in [3.05, 3.63) is 29.6 Å². The van der Waals surface area contributed by atoms with Crippen molar-refractivity contribution in [2.75, 3.05) is 39.2 Å². The number of methoxy groups -OCH3 is 1. The summed E-state index contributed by atoms with van der Waals surface area (Å²) in [5.74, 6) is -0.109. The fourth-order valence-electron chi connectivity index (χ4n) is 2.86. The lowest BCUT2D eigenvalue weighted by molar-refractivity contribution is 0.0766. The summed E-state index contributed by atoms with van der Waals surface area (Å²) in [6.07, 6.45) is 0.00887. The molecule has 7 nitrogen and oxygen atoms in total. The van der Waals surface area contributed by atoms with Crippen molar-refractivity contribution in [1.82, 2.24) is 10.1 Å². The van der Waals surface area contributed by atoms with Crippen LogP contribution in [0.1, 0.15) is 16.8 Å². The second-order valence-electron chi connectivity index (χ2n) is 6.15. The van der Waals surface area contributed by atoms with E-state index in [0.717, 1.165) is 0 Å². The number of benzene rings is 1. The number of aromatic nitrogens is 1. The number of aliphatic hydroxyl groups excluding tert-OH is 1. The van der Waals surface area contributed by atoms with E-state index in [9.17, 15) is 14.3 Å². The number of amides is 1. The maximum Gasteiger partial charge on any atom is 0.261 e. The van der Waals surface area contributed by atoms with Crippen LogP contribution >= 0.6 is 0 Å². The van der Waals surface area contributed by atoms with Gasteiger partial charge in [-0.05, 0) is 24.6 Å². The molecule has 0 aliphatic carbocycles. The minimum Gasteiger partial charge on any atom is -0.494 e. The molecule has 1 aliphatic heterocycles. The summed E-state index contributed by atoms with van der Waals surface area (Å²) in [5, 5.41) is 13.7. The monoisotopic (exact) mass is 349 g/mol. The Kier molecular flexibility index (Phi) is 4.63. The van der Waals surface area contributed by atoms with Gasteiger partial charge in [-0.25, -0.2) is 4.39 Å². The van der Waals surface area contributed by atoms with Crippen molar-refractivity contribution in [2.45, 2.75) is 12.5 Å². The van der Waals surface area contributed by atoms with E-state index in [4.69, 9.17) is 9.26 Å². The zero-order valence-electron chi connectivity index (χ0n) is 14.3. The molecule has 1 atom stereocenters. The summed E-state index contributed by atoms with van der Waals surface area (Å²) < 4.78 is 24.1. The number of rotatable bonds is 4. The maximum absolute atomic E-state index is 13.7. The van der Waals surface area contributed by atoms with E-state index in [2.05, 4.69) is 5.16 Å². The highest BCUT2D eigenvalue weighted by molar-refractivity contribution is 6.04. The van der Waals surface area contributed by atoms with E-state index in [0.29, 0.717) is 24.3 Å². The third-order valence-electron chi connectivity index (χ3n) is 4.18. The average molecular weight is 349 g/mol. The Balaban J connectivity index is 2.07. The summed E-state index contributed by atoms with van der Waals surface area (Å²) >= 11 is 0. The summed E-state index contributed by atoms with van der Waals surface area (Å²) in [4.78, 5) is 16.2. The molecule has 0 spiro atoms. The lowest BCUT2D eigenvalue weighted by Gasteiger charge is -2.17. The van der Waals surface area contributed by atoms with E-state index in [1.54, 1.807) is 23.9 Å². The minimum atomic E-state index is -0.527. The quantitative estimate of drug-likeness (QED) is 0.906. The Hall–Kier alpha value is -2.61. The van der Waals surface area contributed by atoms with Crippen molar-refractivity contribution in [2.24, 2.45) is 0 Å². The van der Waals surface area contributed by atoms with Crippen LogP contribution in [0.5, 0.6) is 5.75 Å². The van der Waals surface area contributed by atoms with Crippen LogP contribution in [0.4, 0.5) is 10.2 Å². The first kappa shape index (κ1) is 17.2. The topological polar surface area (TPSA) is 79.0 Å². The Morgan fingerprint density at radius 1 is 1.48 bits per heavy atom. The zero-order chi connectivity index (χ0) is 18.1. The number of likely N-dealkylation sites (tertiary alicyclic amines) is 1. The molecule has 1 aromatic carbocycles.